The van der Waals surface area contributed by atoms with E-state index in [0.717, 1.165) is 10.6 Å². The van der Waals surface area contributed by atoms with Crippen LogP contribution in [0.4, 0.5) is 0 Å². The molecule has 2 nitrogen and oxygen atoms in total. The average molecular weight is 178 g/mol. The smallest absolute Gasteiger partial charge is 0.0527 e. The summed E-state index contributed by atoms with van der Waals surface area (Å²) in [4.78, 5) is 0. The SMILES string of the molecule is CC(C)(C)N([O])Cc1ccccc1. The maximum absolute atomic E-state index is 11.6. The molecule has 0 atom stereocenters. The molecule has 0 bridgehead atoms. The van der Waals surface area contributed by atoms with Crippen LogP contribution in [0.2, 0.25) is 0 Å². The van der Waals surface area contributed by atoms with E-state index in [1.54, 1.807) is 0 Å². The van der Waals surface area contributed by atoms with Gasteiger partial charge in [-0.25, -0.2) is 0 Å². The van der Waals surface area contributed by atoms with Crippen LogP contribution in [0.1, 0.15) is 26.3 Å². The lowest BCUT2D eigenvalue weighted by Crippen LogP contribution is -2.36. The zero-order valence-corrected chi connectivity index (χ0v) is 8.45. The van der Waals surface area contributed by atoms with E-state index in [4.69, 9.17) is 0 Å². The van der Waals surface area contributed by atoms with Gasteiger partial charge in [-0.3, -0.25) is 0 Å². The second-order valence-corrected chi connectivity index (χ2v) is 4.19. The van der Waals surface area contributed by atoms with Crippen molar-refractivity contribution in [1.29, 1.82) is 0 Å². The summed E-state index contributed by atoms with van der Waals surface area (Å²) < 4.78 is 0. The summed E-state index contributed by atoms with van der Waals surface area (Å²) in [6, 6.07) is 9.79. The zero-order chi connectivity index (χ0) is 9.90. The predicted molar refractivity (Wildman–Crippen MR) is 52.4 cm³/mol. The van der Waals surface area contributed by atoms with Crippen LogP contribution in [-0.2, 0) is 11.8 Å². The summed E-state index contributed by atoms with van der Waals surface area (Å²) in [5, 5.41) is 12.7. The first kappa shape index (κ1) is 10.2. The van der Waals surface area contributed by atoms with E-state index in [1.807, 2.05) is 51.1 Å². The van der Waals surface area contributed by atoms with E-state index in [0.29, 0.717) is 6.54 Å². The largest absolute Gasteiger partial charge is 0.145 e. The van der Waals surface area contributed by atoms with Gasteiger partial charge in [0.05, 0.1) is 6.54 Å². The third-order valence-electron chi connectivity index (χ3n) is 1.92. The highest BCUT2D eigenvalue weighted by molar-refractivity contribution is 5.14. The molecule has 0 aliphatic heterocycles. The second kappa shape index (κ2) is 3.90. The van der Waals surface area contributed by atoms with Crippen LogP contribution in [0.25, 0.3) is 0 Å². The maximum Gasteiger partial charge on any atom is 0.0527 e. The summed E-state index contributed by atoms with van der Waals surface area (Å²) in [7, 11) is 0. The first-order valence-electron chi connectivity index (χ1n) is 4.49. The Kier molecular flexibility index (Phi) is 3.07. The van der Waals surface area contributed by atoms with Crippen molar-refractivity contribution in [3.63, 3.8) is 0 Å². The Bertz CT molecular complexity index is 251. The maximum atomic E-state index is 11.6. The molecule has 0 heterocycles. The number of hydrogen-bond donors (Lipinski definition) is 0. The molecule has 13 heavy (non-hydrogen) atoms. The molecular weight excluding hydrogens is 162 g/mol. The quantitative estimate of drug-likeness (QED) is 0.638. The lowest BCUT2D eigenvalue weighted by atomic mass is 10.1. The molecule has 0 aliphatic rings. The van der Waals surface area contributed by atoms with E-state index in [1.165, 1.54) is 0 Å². The fraction of sp³-hybridized carbons (Fsp3) is 0.455. The Labute approximate surface area is 79.8 Å². The van der Waals surface area contributed by atoms with Crippen molar-refractivity contribution in [2.75, 3.05) is 0 Å². The Hall–Kier alpha value is -0.860. The Morgan fingerprint density at radius 3 is 2.15 bits per heavy atom. The predicted octanol–water partition coefficient (Wildman–Crippen LogP) is 2.63. The molecule has 0 amide bonds. The number of benzene rings is 1. The third kappa shape index (κ3) is 3.17. The van der Waals surface area contributed by atoms with E-state index >= 15 is 0 Å². The molecule has 1 rings (SSSR count). The molecule has 1 aromatic carbocycles. The van der Waals surface area contributed by atoms with Gasteiger partial charge < -0.3 is 0 Å². The molecule has 0 aliphatic carbocycles. The minimum Gasteiger partial charge on any atom is -0.145 e. The van der Waals surface area contributed by atoms with E-state index in [-0.39, 0.29) is 5.54 Å². The Morgan fingerprint density at radius 1 is 1.15 bits per heavy atom. The van der Waals surface area contributed by atoms with Crippen LogP contribution in [0.5, 0.6) is 0 Å². The van der Waals surface area contributed by atoms with Crippen LogP contribution in [-0.4, -0.2) is 10.6 Å². The Balaban J connectivity index is 2.61. The molecule has 0 spiro atoms. The first-order chi connectivity index (χ1) is 6.00. The van der Waals surface area contributed by atoms with Gasteiger partial charge in [-0.05, 0) is 26.3 Å². The molecule has 71 valence electrons. The molecule has 2 heteroatoms. The van der Waals surface area contributed by atoms with Crippen molar-refractivity contribution in [3.05, 3.63) is 35.9 Å². The van der Waals surface area contributed by atoms with Crippen molar-refractivity contribution < 1.29 is 5.21 Å². The summed E-state index contributed by atoms with van der Waals surface area (Å²) in [6.45, 7) is 6.22. The van der Waals surface area contributed by atoms with Crippen LogP contribution < -0.4 is 0 Å². The van der Waals surface area contributed by atoms with Crippen molar-refractivity contribution in [3.8, 4) is 0 Å². The monoisotopic (exact) mass is 178 g/mol. The molecule has 0 aromatic heterocycles. The molecule has 0 fully saturated rings. The van der Waals surface area contributed by atoms with Crippen molar-refractivity contribution in [2.24, 2.45) is 0 Å². The zero-order valence-electron chi connectivity index (χ0n) is 8.45. The number of rotatable bonds is 2. The lowest BCUT2D eigenvalue weighted by molar-refractivity contribution is -0.219. The standard InChI is InChI=1S/C11H16NO/c1-11(2,3)12(13)9-10-7-5-4-6-8-10/h4-8H,9H2,1-3H3. The minimum atomic E-state index is -0.310. The molecule has 1 radical (unpaired) electrons. The summed E-state index contributed by atoms with van der Waals surface area (Å²) in [5.74, 6) is 0. The van der Waals surface area contributed by atoms with Crippen molar-refractivity contribution >= 4 is 0 Å². The summed E-state index contributed by atoms with van der Waals surface area (Å²) in [6.07, 6.45) is 0. The van der Waals surface area contributed by atoms with Gasteiger partial charge in [0, 0.05) is 5.54 Å². The third-order valence-corrected chi connectivity index (χ3v) is 1.92. The first-order valence-corrected chi connectivity index (χ1v) is 4.49. The van der Waals surface area contributed by atoms with Crippen molar-refractivity contribution in [1.82, 2.24) is 5.06 Å². The number of nitrogens with zero attached hydrogens (tertiary/aromatic N) is 1. The van der Waals surface area contributed by atoms with Crippen LogP contribution in [0, 0.1) is 0 Å². The summed E-state index contributed by atoms with van der Waals surface area (Å²) in [5.41, 5.74) is 0.753. The van der Waals surface area contributed by atoms with Gasteiger partial charge in [0.25, 0.3) is 0 Å². The minimum absolute atomic E-state index is 0.310. The summed E-state index contributed by atoms with van der Waals surface area (Å²) >= 11 is 0. The second-order valence-electron chi connectivity index (χ2n) is 4.19. The highest BCUT2D eigenvalue weighted by atomic mass is 16.5. The van der Waals surface area contributed by atoms with Gasteiger partial charge in [-0.15, -0.1) is 10.3 Å². The molecule has 1 aromatic rings. The van der Waals surface area contributed by atoms with Gasteiger partial charge in [0.2, 0.25) is 0 Å². The van der Waals surface area contributed by atoms with Gasteiger partial charge >= 0.3 is 0 Å². The van der Waals surface area contributed by atoms with E-state index in [9.17, 15) is 5.21 Å². The highest BCUT2D eigenvalue weighted by Crippen LogP contribution is 2.14. The Morgan fingerprint density at radius 2 is 1.69 bits per heavy atom. The molecular formula is C11H16NO. The van der Waals surface area contributed by atoms with Crippen LogP contribution >= 0.6 is 0 Å². The lowest BCUT2D eigenvalue weighted by Gasteiger charge is -2.26. The van der Waals surface area contributed by atoms with E-state index < -0.39 is 0 Å². The number of hydrogen-bond acceptors (Lipinski definition) is 1. The van der Waals surface area contributed by atoms with Crippen LogP contribution in [0.3, 0.4) is 0 Å². The van der Waals surface area contributed by atoms with Gasteiger partial charge in [0.15, 0.2) is 0 Å². The molecule has 0 saturated carbocycles. The molecule has 0 unspecified atom stereocenters. The highest BCUT2D eigenvalue weighted by Gasteiger charge is 2.20. The number of hydroxylamine groups is 2. The van der Waals surface area contributed by atoms with Gasteiger partial charge in [-0.1, -0.05) is 30.3 Å². The van der Waals surface area contributed by atoms with E-state index in [2.05, 4.69) is 0 Å². The normalized spacial score (nSPS) is 12.1. The fourth-order valence-corrected chi connectivity index (χ4v) is 0.986. The van der Waals surface area contributed by atoms with Gasteiger partial charge in [-0.2, -0.15) is 0 Å². The van der Waals surface area contributed by atoms with Gasteiger partial charge in [0.1, 0.15) is 0 Å². The van der Waals surface area contributed by atoms with Crippen molar-refractivity contribution in [2.45, 2.75) is 32.9 Å². The van der Waals surface area contributed by atoms with Crippen LogP contribution in [0.15, 0.2) is 30.3 Å². The topological polar surface area (TPSA) is 23.1 Å². The molecule has 0 saturated heterocycles. The molecule has 0 N–H and O–H groups in total. The fourth-order valence-electron chi connectivity index (χ4n) is 0.986. The average Bonchev–Trinajstić information content (AvgIpc) is 2.04.